The lowest BCUT2D eigenvalue weighted by Crippen LogP contribution is -2.64. The molecule has 1 unspecified atom stereocenters. The predicted octanol–water partition coefficient (Wildman–Crippen LogP) is 6.14. The minimum atomic E-state index is -1.84. The van der Waals surface area contributed by atoms with Gasteiger partial charge in [-0.15, -0.1) is 0 Å². The van der Waals surface area contributed by atoms with Crippen molar-refractivity contribution in [3.05, 3.63) is 0 Å². The van der Waals surface area contributed by atoms with Crippen LogP contribution < -0.4 is 0 Å². The molecule has 2 bridgehead atoms. The highest BCUT2D eigenvalue weighted by Crippen LogP contribution is 2.80. The van der Waals surface area contributed by atoms with E-state index >= 15 is 0 Å². The Morgan fingerprint density at radius 2 is 1.48 bits per heavy atom. The lowest BCUT2D eigenvalue weighted by Gasteiger charge is -2.64. The highest BCUT2D eigenvalue weighted by atomic mass is 28.4. The van der Waals surface area contributed by atoms with Gasteiger partial charge in [-0.3, -0.25) is 0 Å². The minimum absolute atomic E-state index is 0.125. The standard InChI is InChI=1S/C20H37NOSi/c1-14(2)23(15(3)4,16(5)6)22-12-17-19(9)10-11-20(17,13-21)18(19,7)8/h14-17H,10-12H2,1-9H3/t17-,19-,20?/m0/s1. The monoisotopic (exact) mass is 335 g/mol. The Balaban J connectivity index is 2.26. The van der Waals surface area contributed by atoms with Crippen molar-refractivity contribution in [2.45, 2.75) is 91.8 Å². The average Bonchev–Trinajstić information content (AvgIpc) is 2.85. The Bertz CT molecular complexity index is 482. The molecule has 0 aromatic carbocycles. The van der Waals surface area contributed by atoms with Crippen molar-refractivity contribution in [1.82, 2.24) is 0 Å². The summed E-state index contributed by atoms with van der Waals surface area (Å²) in [6.07, 6.45) is 2.24. The molecule has 0 N–H and O–H groups in total. The van der Waals surface area contributed by atoms with Crippen molar-refractivity contribution < 1.29 is 4.43 Å². The third-order valence-corrected chi connectivity index (χ3v) is 14.4. The second kappa shape index (κ2) is 5.60. The van der Waals surface area contributed by atoms with E-state index in [0.717, 1.165) is 13.0 Å². The molecule has 23 heavy (non-hydrogen) atoms. The van der Waals surface area contributed by atoms with Gasteiger partial charge >= 0.3 is 0 Å². The normalized spacial score (nSPS) is 35.7. The van der Waals surface area contributed by atoms with Gasteiger partial charge in [-0.2, -0.15) is 5.26 Å². The number of rotatable bonds is 6. The minimum Gasteiger partial charge on any atom is -0.416 e. The zero-order valence-electron chi connectivity index (χ0n) is 16.8. The van der Waals surface area contributed by atoms with E-state index < -0.39 is 8.32 Å². The van der Waals surface area contributed by atoms with Crippen LogP contribution in [0, 0.1) is 33.5 Å². The maximum absolute atomic E-state index is 9.95. The van der Waals surface area contributed by atoms with E-state index in [2.05, 4.69) is 68.4 Å². The Kier molecular flexibility index (Phi) is 4.62. The summed E-state index contributed by atoms with van der Waals surface area (Å²) in [7, 11) is -1.84. The topological polar surface area (TPSA) is 33.0 Å². The van der Waals surface area contributed by atoms with Crippen LogP contribution in [0.4, 0.5) is 0 Å². The molecule has 0 heterocycles. The van der Waals surface area contributed by atoms with Gasteiger partial charge in [0.15, 0.2) is 8.32 Å². The first-order valence-corrected chi connectivity index (χ1v) is 11.6. The van der Waals surface area contributed by atoms with Crippen molar-refractivity contribution >= 4 is 8.32 Å². The SMILES string of the molecule is CC(C)[Si](OC[C@@H]1C2(C#N)CC[C@]1(C)C2(C)C)(C(C)C)C(C)C. The Hall–Kier alpha value is -0.333. The fourth-order valence-electron chi connectivity index (χ4n) is 6.60. The first-order chi connectivity index (χ1) is 10.4. The molecule has 3 heteroatoms. The van der Waals surface area contributed by atoms with Gasteiger partial charge in [-0.25, -0.2) is 0 Å². The maximum Gasteiger partial charge on any atom is 0.200 e. The summed E-state index contributed by atoms with van der Waals surface area (Å²) in [6.45, 7) is 21.8. The molecule has 3 saturated carbocycles. The third-order valence-electron chi connectivity index (χ3n) is 8.35. The summed E-state index contributed by atoms with van der Waals surface area (Å²) < 4.78 is 6.87. The predicted molar refractivity (Wildman–Crippen MR) is 99.7 cm³/mol. The molecule has 132 valence electrons. The number of hydrogen-bond acceptors (Lipinski definition) is 2. The van der Waals surface area contributed by atoms with Crippen molar-refractivity contribution in [2.75, 3.05) is 6.61 Å². The summed E-state index contributed by atoms with van der Waals surface area (Å²) in [6, 6.07) is 2.73. The molecule has 3 atom stereocenters. The van der Waals surface area contributed by atoms with Crippen LogP contribution >= 0.6 is 0 Å². The Morgan fingerprint density at radius 1 is 1.00 bits per heavy atom. The zero-order valence-corrected chi connectivity index (χ0v) is 17.8. The highest BCUT2D eigenvalue weighted by Gasteiger charge is 2.78. The second-order valence-corrected chi connectivity index (χ2v) is 15.3. The molecule has 0 aromatic heterocycles. The van der Waals surface area contributed by atoms with Crippen LogP contribution in [0.25, 0.3) is 0 Å². The summed E-state index contributed by atoms with van der Waals surface area (Å²) in [5.74, 6) is 0.415. The largest absolute Gasteiger partial charge is 0.416 e. The van der Waals surface area contributed by atoms with Gasteiger partial charge in [-0.1, -0.05) is 62.3 Å². The van der Waals surface area contributed by atoms with Crippen LogP contribution in [0.1, 0.15) is 75.2 Å². The Morgan fingerprint density at radius 3 is 1.83 bits per heavy atom. The van der Waals surface area contributed by atoms with Gasteiger partial charge in [0.25, 0.3) is 0 Å². The van der Waals surface area contributed by atoms with Crippen LogP contribution in [-0.4, -0.2) is 14.9 Å². The summed E-state index contributed by atoms with van der Waals surface area (Å²) in [5.41, 5.74) is 2.07. The zero-order chi connectivity index (χ0) is 17.8. The Labute approximate surface area is 145 Å². The molecule has 3 aliphatic carbocycles. The van der Waals surface area contributed by atoms with Crippen LogP contribution in [0.3, 0.4) is 0 Å². The third kappa shape index (κ3) is 2.07. The van der Waals surface area contributed by atoms with Crippen LogP contribution in [0.15, 0.2) is 0 Å². The van der Waals surface area contributed by atoms with Gasteiger partial charge in [0.05, 0.1) is 11.5 Å². The first kappa shape index (κ1) is 19.0. The first-order valence-electron chi connectivity index (χ1n) is 9.49. The molecule has 0 aromatic rings. The average molecular weight is 336 g/mol. The van der Waals surface area contributed by atoms with E-state index in [4.69, 9.17) is 4.43 Å². The molecule has 0 saturated heterocycles. The molecule has 3 rings (SSSR count). The summed E-state index contributed by atoms with van der Waals surface area (Å²) >= 11 is 0. The number of nitriles is 1. The lowest BCUT2D eigenvalue weighted by molar-refractivity contribution is -0.177. The van der Waals surface area contributed by atoms with Crippen molar-refractivity contribution in [1.29, 1.82) is 5.26 Å². The van der Waals surface area contributed by atoms with Crippen molar-refractivity contribution in [3.8, 4) is 6.07 Å². The van der Waals surface area contributed by atoms with Crippen molar-refractivity contribution in [2.24, 2.45) is 22.2 Å². The molecule has 0 amide bonds. The van der Waals surface area contributed by atoms with E-state index in [-0.39, 0.29) is 16.2 Å². The van der Waals surface area contributed by atoms with E-state index in [9.17, 15) is 5.26 Å². The van der Waals surface area contributed by atoms with E-state index in [1.807, 2.05) is 0 Å². The smallest absolute Gasteiger partial charge is 0.200 e. The van der Waals surface area contributed by atoms with Gasteiger partial charge in [0, 0.05) is 12.5 Å². The fourth-order valence-corrected chi connectivity index (χ4v) is 12.1. The lowest BCUT2D eigenvalue weighted by atomic mass is 9.38. The van der Waals surface area contributed by atoms with E-state index in [1.54, 1.807) is 0 Å². The number of nitrogens with zero attached hydrogens (tertiary/aromatic N) is 1. The molecule has 2 nitrogen and oxygen atoms in total. The quantitative estimate of drug-likeness (QED) is 0.546. The summed E-state index contributed by atoms with van der Waals surface area (Å²) in [4.78, 5) is 0. The molecule has 3 aliphatic rings. The van der Waals surface area contributed by atoms with Gasteiger partial charge < -0.3 is 4.43 Å². The molecule has 0 aliphatic heterocycles. The van der Waals surface area contributed by atoms with Crippen LogP contribution in [0.5, 0.6) is 0 Å². The van der Waals surface area contributed by atoms with Crippen LogP contribution in [0.2, 0.25) is 16.6 Å². The van der Waals surface area contributed by atoms with E-state index in [0.29, 0.717) is 22.5 Å². The van der Waals surface area contributed by atoms with Gasteiger partial charge in [0.1, 0.15) is 0 Å². The second-order valence-electron chi connectivity index (χ2n) is 9.81. The summed E-state index contributed by atoms with van der Waals surface area (Å²) in [5, 5.41) is 9.95. The molecule has 0 radical (unpaired) electrons. The molecule has 3 fully saturated rings. The van der Waals surface area contributed by atoms with Crippen LogP contribution in [-0.2, 0) is 4.43 Å². The number of fused-ring (bicyclic) bond motifs is 1. The van der Waals surface area contributed by atoms with Crippen molar-refractivity contribution in [3.63, 3.8) is 0 Å². The highest BCUT2D eigenvalue weighted by molar-refractivity contribution is 6.77. The molecular weight excluding hydrogens is 298 g/mol. The van der Waals surface area contributed by atoms with Gasteiger partial charge in [0.2, 0.25) is 0 Å². The molecular formula is C20H37NOSi. The van der Waals surface area contributed by atoms with E-state index in [1.165, 1.54) is 6.42 Å². The molecule has 0 spiro atoms. The fraction of sp³-hybridized carbons (Fsp3) is 0.950. The number of hydrogen-bond donors (Lipinski definition) is 0. The van der Waals surface area contributed by atoms with Gasteiger partial charge in [-0.05, 0) is 40.3 Å². The maximum atomic E-state index is 9.95.